The van der Waals surface area contributed by atoms with Crippen LogP contribution in [-0.4, -0.2) is 27.7 Å². The summed E-state index contributed by atoms with van der Waals surface area (Å²) in [6.45, 7) is 4.73. The third kappa shape index (κ3) is 4.60. The number of thiophene rings is 1. The number of sulfonamides is 1. The van der Waals surface area contributed by atoms with E-state index in [0.29, 0.717) is 16.9 Å². The van der Waals surface area contributed by atoms with Gasteiger partial charge in [0.05, 0.1) is 16.5 Å². The van der Waals surface area contributed by atoms with E-state index in [0.717, 1.165) is 4.88 Å². The van der Waals surface area contributed by atoms with E-state index >= 15 is 0 Å². The van der Waals surface area contributed by atoms with Gasteiger partial charge < -0.3 is 10.5 Å². The molecule has 0 unspecified atom stereocenters. The molecule has 0 aliphatic carbocycles. The van der Waals surface area contributed by atoms with Gasteiger partial charge in [0, 0.05) is 18.0 Å². The van der Waals surface area contributed by atoms with Crippen molar-refractivity contribution >= 4 is 37.3 Å². The smallest absolute Gasteiger partial charge is 0.242 e. The standard InChI is InChI=1S/C10H17BrN2O3S2/c1-7(2)16-4-3-13-18(14,15)9-5-8(6-12)17-10(9)11/h5,7,13H,3-4,6,12H2,1-2H3. The Morgan fingerprint density at radius 1 is 1.56 bits per heavy atom. The highest BCUT2D eigenvalue weighted by molar-refractivity contribution is 9.11. The van der Waals surface area contributed by atoms with Gasteiger partial charge in [0.25, 0.3) is 0 Å². The summed E-state index contributed by atoms with van der Waals surface area (Å²) in [4.78, 5) is 1.05. The van der Waals surface area contributed by atoms with Gasteiger partial charge in [-0.15, -0.1) is 11.3 Å². The lowest BCUT2D eigenvalue weighted by atomic mass is 10.5. The minimum Gasteiger partial charge on any atom is -0.377 e. The van der Waals surface area contributed by atoms with Gasteiger partial charge in [-0.1, -0.05) is 0 Å². The van der Waals surface area contributed by atoms with Crippen molar-refractivity contribution < 1.29 is 13.2 Å². The zero-order valence-corrected chi connectivity index (χ0v) is 13.5. The second-order valence-electron chi connectivity index (χ2n) is 3.87. The Balaban J connectivity index is 2.65. The average molecular weight is 357 g/mol. The van der Waals surface area contributed by atoms with Gasteiger partial charge in [-0.3, -0.25) is 0 Å². The van der Waals surface area contributed by atoms with Crippen LogP contribution in [0, 0.1) is 0 Å². The van der Waals surface area contributed by atoms with E-state index in [4.69, 9.17) is 10.5 Å². The van der Waals surface area contributed by atoms with Crippen LogP contribution in [0.15, 0.2) is 14.7 Å². The quantitative estimate of drug-likeness (QED) is 0.728. The number of hydrogen-bond donors (Lipinski definition) is 2. The summed E-state index contributed by atoms with van der Waals surface area (Å²) < 4.78 is 32.3. The summed E-state index contributed by atoms with van der Waals surface area (Å²) in [5.74, 6) is 0. The Labute approximate surface area is 120 Å². The zero-order chi connectivity index (χ0) is 13.8. The highest BCUT2D eigenvalue weighted by Crippen LogP contribution is 2.31. The molecule has 0 amide bonds. The normalized spacial score (nSPS) is 12.3. The van der Waals surface area contributed by atoms with Crippen LogP contribution in [0.25, 0.3) is 0 Å². The fraction of sp³-hybridized carbons (Fsp3) is 0.600. The maximum atomic E-state index is 12.0. The maximum absolute atomic E-state index is 12.0. The van der Waals surface area contributed by atoms with E-state index in [2.05, 4.69) is 20.7 Å². The van der Waals surface area contributed by atoms with Crippen LogP contribution in [0.1, 0.15) is 18.7 Å². The topological polar surface area (TPSA) is 81.4 Å². The lowest BCUT2D eigenvalue weighted by molar-refractivity contribution is 0.0834. The molecule has 1 aromatic rings. The highest BCUT2D eigenvalue weighted by Gasteiger charge is 2.20. The minimum atomic E-state index is -3.50. The molecule has 104 valence electrons. The number of nitrogens with one attached hydrogen (secondary N) is 1. The molecule has 0 aromatic carbocycles. The minimum absolute atomic E-state index is 0.0891. The van der Waals surface area contributed by atoms with Crippen LogP contribution in [0.3, 0.4) is 0 Å². The Morgan fingerprint density at radius 3 is 2.72 bits per heavy atom. The van der Waals surface area contributed by atoms with Crippen molar-refractivity contribution in [2.75, 3.05) is 13.2 Å². The number of hydrogen-bond acceptors (Lipinski definition) is 5. The molecule has 18 heavy (non-hydrogen) atoms. The molecule has 0 aliphatic rings. The van der Waals surface area contributed by atoms with Gasteiger partial charge in [0.15, 0.2) is 0 Å². The van der Waals surface area contributed by atoms with E-state index < -0.39 is 10.0 Å². The first-order valence-electron chi connectivity index (χ1n) is 5.46. The third-order valence-corrected chi connectivity index (χ3v) is 5.78. The molecule has 0 bridgehead atoms. The molecule has 0 spiro atoms. The van der Waals surface area contributed by atoms with Crippen molar-refractivity contribution in [3.63, 3.8) is 0 Å². The van der Waals surface area contributed by atoms with Crippen molar-refractivity contribution in [2.45, 2.75) is 31.4 Å². The Hall–Kier alpha value is 0.01000. The number of nitrogens with two attached hydrogens (primary N) is 1. The molecule has 0 saturated heterocycles. The molecular weight excluding hydrogens is 340 g/mol. The molecule has 0 saturated carbocycles. The van der Waals surface area contributed by atoms with Crippen LogP contribution in [0.4, 0.5) is 0 Å². The van der Waals surface area contributed by atoms with E-state index in [9.17, 15) is 8.42 Å². The van der Waals surface area contributed by atoms with E-state index in [1.54, 1.807) is 6.07 Å². The maximum Gasteiger partial charge on any atom is 0.242 e. The summed E-state index contributed by atoms with van der Waals surface area (Å²) in [6.07, 6.45) is 0.0891. The van der Waals surface area contributed by atoms with Gasteiger partial charge in [0.1, 0.15) is 4.90 Å². The van der Waals surface area contributed by atoms with Crippen LogP contribution < -0.4 is 10.5 Å². The van der Waals surface area contributed by atoms with Crippen molar-refractivity contribution in [3.8, 4) is 0 Å². The van der Waals surface area contributed by atoms with Gasteiger partial charge in [-0.05, 0) is 35.8 Å². The average Bonchev–Trinajstić information content (AvgIpc) is 2.66. The van der Waals surface area contributed by atoms with Crippen molar-refractivity contribution in [1.82, 2.24) is 4.72 Å². The van der Waals surface area contributed by atoms with Crippen molar-refractivity contribution in [2.24, 2.45) is 5.73 Å². The predicted molar refractivity (Wildman–Crippen MR) is 76.2 cm³/mol. The summed E-state index contributed by atoms with van der Waals surface area (Å²) in [5.41, 5.74) is 5.48. The van der Waals surface area contributed by atoms with Crippen LogP contribution in [0.5, 0.6) is 0 Å². The number of ether oxygens (including phenoxy) is 1. The predicted octanol–water partition coefficient (Wildman–Crippen LogP) is 1.67. The molecule has 0 fully saturated rings. The Kier molecular flexibility index (Phi) is 6.22. The largest absolute Gasteiger partial charge is 0.377 e. The summed E-state index contributed by atoms with van der Waals surface area (Å²) >= 11 is 4.57. The molecule has 8 heteroatoms. The van der Waals surface area contributed by atoms with Gasteiger partial charge >= 0.3 is 0 Å². The monoisotopic (exact) mass is 356 g/mol. The van der Waals surface area contributed by atoms with Crippen LogP contribution >= 0.6 is 27.3 Å². The molecule has 3 N–H and O–H groups in total. The lowest BCUT2D eigenvalue weighted by Crippen LogP contribution is -2.28. The van der Waals surface area contributed by atoms with Crippen LogP contribution in [-0.2, 0) is 21.3 Å². The first-order valence-corrected chi connectivity index (χ1v) is 8.55. The highest BCUT2D eigenvalue weighted by atomic mass is 79.9. The van der Waals surface area contributed by atoms with Gasteiger partial charge in [-0.25, -0.2) is 13.1 Å². The number of rotatable bonds is 7. The lowest BCUT2D eigenvalue weighted by Gasteiger charge is -2.08. The third-order valence-electron chi connectivity index (χ3n) is 2.04. The SMILES string of the molecule is CC(C)OCCNS(=O)(=O)c1cc(CN)sc1Br. The first kappa shape index (κ1) is 16.1. The summed E-state index contributed by atoms with van der Waals surface area (Å²) in [6, 6.07) is 1.58. The van der Waals surface area contributed by atoms with E-state index in [-0.39, 0.29) is 17.5 Å². The Morgan fingerprint density at radius 2 is 2.22 bits per heavy atom. The first-order chi connectivity index (χ1) is 8.36. The fourth-order valence-electron chi connectivity index (χ4n) is 1.23. The van der Waals surface area contributed by atoms with E-state index in [1.165, 1.54) is 11.3 Å². The molecule has 5 nitrogen and oxygen atoms in total. The molecule has 1 aromatic heterocycles. The summed E-state index contributed by atoms with van der Waals surface area (Å²) in [7, 11) is -3.50. The molecular formula is C10H17BrN2O3S2. The van der Waals surface area contributed by atoms with Crippen LogP contribution in [0.2, 0.25) is 0 Å². The molecule has 0 atom stereocenters. The van der Waals surface area contributed by atoms with Crippen molar-refractivity contribution in [1.29, 1.82) is 0 Å². The molecule has 0 radical (unpaired) electrons. The molecule has 1 heterocycles. The number of halogens is 1. The summed E-state index contributed by atoms with van der Waals surface area (Å²) in [5, 5.41) is 0. The van der Waals surface area contributed by atoms with Gasteiger partial charge in [-0.2, -0.15) is 0 Å². The fourth-order valence-corrected chi connectivity index (χ4v) is 4.80. The second kappa shape index (κ2) is 6.97. The molecule has 1 rings (SSSR count). The zero-order valence-electron chi connectivity index (χ0n) is 10.3. The van der Waals surface area contributed by atoms with Crippen molar-refractivity contribution in [3.05, 3.63) is 14.7 Å². The second-order valence-corrected chi connectivity index (χ2v) is 8.06. The molecule has 0 aliphatic heterocycles. The Bertz CT molecular complexity index is 485. The van der Waals surface area contributed by atoms with E-state index in [1.807, 2.05) is 13.8 Å². The van der Waals surface area contributed by atoms with Gasteiger partial charge in [0.2, 0.25) is 10.0 Å².